The molecule has 3 heteroatoms. The van der Waals surface area contributed by atoms with E-state index >= 15 is 0 Å². The number of hydrogen-bond donors (Lipinski definition) is 0. The Morgan fingerprint density at radius 3 is 2.67 bits per heavy atom. The molecular weight excluding hydrogens is 195 g/mol. The van der Waals surface area contributed by atoms with Gasteiger partial charge in [0.2, 0.25) is 0 Å². The number of aldehydes is 1. The van der Waals surface area contributed by atoms with Gasteiger partial charge in [-0.25, -0.2) is 4.39 Å². The third-order valence-corrected chi connectivity index (χ3v) is 2.69. The van der Waals surface area contributed by atoms with E-state index < -0.39 is 0 Å². The number of ether oxygens (including phenoxy) is 1. The van der Waals surface area contributed by atoms with Gasteiger partial charge in [0.05, 0.1) is 6.10 Å². The van der Waals surface area contributed by atoms with Crippen molar-refractivity contribution in [1.29, 1.82) is 0 Å². The lowest BCUT2D eigenvalue weighted by Crippen LogP contribution is -2.23. The monoisotopic (exact) mass is 208 g/mol. The number of hydrogen-bond acceptors (Lipinski definition) is 2. The maximum atomic E-state index is 12.7. The molecule has 0 amide bonds. The Hall–Kier alpha value is -1.22. The third-order valence-electron chi connectivity index (χ3n) is 2.69. The predicted octanol–water partition coefficient (Wildman–Crippen LogP) is 2.63. The van der Waals surface area contributed by atoms with Crippen molar-refractivity contribution in [3.63, 3.8) is 0 Å². The lowest BCUT2D eigenvalue weighted by Gasteiger charge is -2.27. The molecule has 1 saturated heterocycles. The van der Waals surface area contributed by atoms with Gasteiger partial charge in [-0.05, 0) is 37.0 Å². The van der Waals surface area contributed by atoms with Gasteiger partial charge in [-0.3, -0.25) is 0 Å². The zero-order valence-electron chi connectivity index (χ0n) is 8.36. The molecule has 0 spiro atoms. The molecule has 80 valence electrons. The molecule has 1 aromatic rings. The Morgan fingerprint density at radius 2 is 2.00 bits per heavy atom. The quantitative estimate of drug-likeness (QED) is 0.698. The molecule has 1 heterocycles. The van der Waals surface area contributed by atoms with Crippen LogP contribution in [0.2, 0.25) is 0 Å². The van der Waals surface area contributed by atoms with Crippen LogP contribution < -0.4 is 0 Å². The molecule has 2 atom stereocenters. The fourth-order valence-corrected chi connectivity index (χ4v) is 1.87. The second kappa shape index (κ2) is 4.53. The van der Waals surface area contributed by atoms with Crippen molar-refractivity contribution in [2.24, 2.45) is 0 Å². The summed E-state index contributed by atoms with van der Waals surface area (Å²) >= 11 is 0. The van der Waals surface area contributed by atoms with E-state index in [1.54, 1.807) is 12.1 Å². The second-order valence-electron chi connectivity index (χ2n) is 3.78. The first-order valence-corrected chi connectivity index (χ1v) is 5.16. The summed E-state index contributed by atoms with van der Waals surface area (Å²) in [5, 5.41) is 0. The molecule has 1 aromatic carbocycles. The molecule has 0 radical (unpaired) electrons. The van der Waals surface area contributed by atoms with E-state index in [0.717, 1.165) is 31.1 Å². The average Bonchev–Trinajstić information content (AvgIpc) is 2.30. The summed E-state index contributed by atoms with van der Waals surface area (Å²) in [6, 6.07) is 6.27. The van der Waals surface area contributed by atoms with E-state index in [1.807, 2.05) is 0 Å². The first kappa shape index (κ1) is 10.3. The minimum absolute atomic E-state index is 0.0606. The van der Waals surface area contributed by atoms with Gasteiger partial charge in [0, 0.05) is 0 Å². The zero-order chi connectivity index (χ0) is 10.7. The largest absolute Gasteiger partial charge is 0.363 e. The highest BCUT2D eigenvalue weighted by Crippen LogP contribution is 2.30. The lowest BCUT2D eigenvalue weighted by atomic mass is 9.99. The Balaban J connectivity index is 2.09. The Labute approximate surface area is 88.1 Å². The van der Waals surface area contributed by atoms with Gasteiger partial charge in [-0.2, -0.15) is 0 Å². The van der Waals surface area contributed by atoms with Crippen LogP contribution in [-0.2, 0) is 9.53 Å². The van der Waals surface area contributed by atoms with Gasteiger partial charge in [0.25, 0.3) is 0 Å². The Bertz CT molecular complexity index is 334. The fraction of sp³-hybridized carbons (Fsp3) is 0.417. The average molecular weight is 208 g/mol. The Kier molecular flexibility index (Phi) is 3.11. The molecule has 1 aliphatic heterocycles. The highest BCUT2D eigenvalue weighted by Gasteiger charge is 2.22. The molecule has 15 heavy (non-hydrogen) atoms. The molecule has 0 N–H and O–H groups in total. The van der Waals surface area contributed by atoms with Gasteiger partial charge in [0.15, 0.2) is 0 Å². The zero-order valence-corrected chi connectivity index (χ0v) is 8.36. The van der Waals surface area contributed by atoms with Crippen molar-refractivity contribution in [3.8, 4) is 0 Å². The van der Waals surface area contributed by atoms with Gasteiger partial charge < -0.3 is 9.53 Å². The van der Waals surface area contributed by atoms with Crippen molar-refractivity contribution in [2.45, 2.75) is 31.5 Å². The normalized spacial score (nSPS) is 26.2. The highest BCUT2D eigenvalue weighted by atomic mass is 19.1. The van der Waals surface area contributed by atoms with Crippen LogP contribution in [0, 0.1) is 5.82 Å². The topological polar surface area (TPSA) is 26.3 Å². The summed E-state index contributed by atoms with van der Waals surface area (Å²) in [6.45, 7) is 0. The lowest BCUT2D eigenvalue weighted by molar-refractivity contribution is -0.127. The van der Waals surface area contributed by atoms with Gasteiger partial charge in [-0.15, -0.1) is 0 Å². The number of halogens is 1. The first-order valence-electron chi connectivity index (χ1n) is 5.16. The Morgan fingerprint density at radius 1 is 1.27 bits per heavy atom. The minimum atomic E-state index is -0.297. The summed E-state index contributed by atoms with van der Waals surface area (Å²) in [5.74, 6) is -0.249. The molecule has 0 bridgehead atoms. The van der Waals surface area contributed by atoms with Crippen LogP contribution in [0.3, 0.4) is 0 Å². The van der Waals surface area contributed by atoms with Gasteiger partial charge >= 0.3 is 0 Å². The van der Waals surface area contributed by atoms with Crippen LogP contribution in [0.5, 0.6) is 0 Å². The summed E-state index contributed by atoms with van der Waals surface area (Å²) in [5.41, 5.74) is 0.947. The summed E-state index contributed by atoms with van der Waals surface area (Å²) in [4.78, 5) is 10.6. The SMILES string of the molecule is O=CC1CCCC(c2ccc(F)cc2)O1. The third kappa shape index (κ3) is 2.42. The maximum Gasteiger partial charge on any atom is 0.148 e. The van der Waals surface area contributed by atoms with Crippen LogP contribution in [0.15, 0.2) is 24.3 Å². The van der Waals surface area contributed by atoms with Crippen molar-refractivity contribution in [3.05, 3.63) is 35.6 Å². The molecular formula is C12H13FO2. The van der Waals surface area contributed by atoms with Gasteiger partial charge in [0.1, 0.15) is 18.2 Å². The molecule has 1 fully saturated rings. The van der Waals surface area contributed by atoms with Crippen molar-refractivity contribution >= 4 is 6.29 Å². The van der Waals surface area contributed by atoms with Crippen molar-refractivity contribution < 1.29 is 13.9 Å². The molecule has 2 nitrogen and oxygen atoms in total. The fourth-order valence-electron chi connectivity index (χ4n) is 1.87. The van der Waals surface area contributed by atoms with E-state index in [4.69, 9.17) is 4.74 Å². The number of carbonyl (C=O) groups is 1. The number of benzene rings is 1. The van der Waals surface area contributed by atoms with E-state index in [1.165, 1.54) is 12.1 Å². The van der Waals surface area contributed by atoms with Crippen LogP contribution >= 0.6 is 0 Å². The summed E-state index contributed by atoms with van der Waals surface area (Å²) in [7, 11) is 0. The highest BCUT2D eigenvalue weighted by molar-refractivity contribution is 5.56. The minimum Gasteiger partial charge on any atom is -0.363 e. The van der Waals surface area contributed by atoms with Gasteiger partial charge in [-0.1, -0.05) is 12.1 Å². The van der Waals surface area contributed by atoms with E-state index in [2.05, 4.69) is 0 Å². The summed E-state index contributed by atoms with van der Waals surface area (Å²) < 4.78 is 18.3. The van der Waals surface area contributed by atoms with E-state index in [-0.39, 0.29) is 18.0 Å². The van der Waals surface area contributed by atoms with Crippen LogP contribution in [0.25, 0.3) is 0 Å². The molecule has 2 unspecified atom stereocenters. The van der Waals surface area contributed by atoms with Crippen LogP contribution in [-0.4, -0.2) is 12.4 Å². The number of carbonyl (C=O) groups excluding carboxylic acids is 1. The molecule has 0 aliphatic carbocycles. The molecule has 1 aliphatic rings. The second-order valence-corrected chi connectivity index (χ2v) is 3.78. The van der Waals surface area contributed by atoms with Crippen molar-refractivity contribution in [1.82, 2.24) is 0 Å². The number of rotatable bonds is 2. The molecule has 2 rings (SSSR count). The maximum absolute atomic E-state index is 12.7. The first-order chi connectivity index (χ1) is 7.29. The van der Waals surface area contributed by atoms with Crippen molar-refractivity contribution in [2.75, 3.05) is 0 Å². The smallest absolute Gasteiger partial charge is 0.148 e. The van der Waals surface area contributed by atoms with E-state index in [9.17, 15) is 9.18 Å². The predicted molar refractivity (Wildman–Crippen MR) is 53.9 cm³/mol. The molecule has 0 saturated carbocycles. The molecule has 0 aromatic heterocycles. The standard InChI is InChI=1S/C12H13FO2/c13-10-6-4-9(5-7-10)12-3-1-2-11(8-14)15-12/h4-8,11-12H,1-3H2. The summed E-state index contributed by atoms with van der Waals surface area (Å²) in [6.07, 6.45) is 3.15. The van der Waals surface area contributed by atoms with E-state index in [0.29, 0.717) is 0 Å². The van der Waals surface area contributed by atoms with Crippen LogP contribution in [0.1, 0.15) is 30.9 Å². The van der Waals surface area contributed by atoms with Crippen LogP contribution in [0.4, 0.5) is 4.39 Å².